The highest BCUT2D eigenvalue weighted by Crippen LogP contribution is 2.46. The molecular weight excluding hydrogens is 456 g/mol. The quantitative estimate of drug-likeness (QED) is 0.151. The van der Waals surface area contributed by atoms with Gasteiger partial charge in [-0.3, -0.25) is 0 Å². The summed E-state index contributed by atoms with van der Waals surface area (Å²) in [7, 11) is 0. The second-order valence-electron chi connectivity index (χ2n) is 11.5. The predicted octanol–water partition coefficient (Wildman–Crippen LogP) is 7.69. The molecule has 2 heterocycles. The van der Waals surface area contributed by atoms with Crippen LogP contribution in [0.4, 0.5) is 0 Å². The van der Waals surface area contributed by atoms with Crippen LogP contribution in [-0.2, 0) is 11.8 Å². The Kier molecular flexibility index (Phi) is 9.08. The van der Waals surface area contributed by atoms with Crippen molar-refractivity contribution in [2.45, 2.75) is 115 Å². The highest BCUT2D eigenvalue weighted by molar-refractivity contribution is 7.99. The Hall–Kier alpha value is -2.28. The van der Waals surface area contributed by atoms with E-state index in [1.807, 2.05) is 6.07 Å². The number of unbranched alkanes of at least 4 members (excludes halogenated alkanes) is 6. The molecule has 0 radical (unpaired) electrons. The van der Waals surface area contributed by atoms with Gasteiger partial charge in [-0.05, 0) is 48.3 Å². The first-order chi connectivity index (χ1) is 16.5. The van der Waals surface area contributed by atoms with E-state index in [0.717, 1.165) is 35.5 Å². The van der Waals surface area contributed by atoms with E-state index in [1.165, 1.54) is 56.6 Å². The molecule has 35 heavy (non-hydrogen) atoms. The van der Waals surface area contributed by atoms with Crippen LogP contribution in [-0.4, -0.2) is 29.8 Å². The standard InChI is InChI=1S/C28H42N4O2S/c1-7-8-9-10-11-12-13-14-20-15-24(32-26(31-20)29-19-30-32)35-23-17-21(33)16-22(25(23)34)28(5,6)18-27(2,3)4/h15-17,19,33-34H,7-14,18H2,1-6H3. The van der Waals surface area contributed by atoms with Crippen LogP contribution in [0.5, 0.6) is 11.5 Å². The molecule has 0 aliphatic heterocycles. The number of phenolic OH excluding ortho intramolecular Hbond substituents is 2. The van der Waals surface area contributed by atoms with Crippen molar-refractivity contribution < 1.29 is 10.2 Å². The summed E-state index contributed by atoms with van der Waals surface area (Å²) in [6.07, 6.45) is 12.0. The molecule has 0 spiro atoms. The van der Waals surface area contributed by atoms with E-state index in [4.69, 9.17) is 0 Å². The van der Waals surface area contributed by atoms with Gasteiger partial charge in [0.25, 0.3) is 5.78 Å². The first-order valence-electron chi connectivity index (χ1n) is 12.9. The maximum atomic E-state index is 11.3. The van der Waals surface area contributed by atoms with Crippen LogP contribution in [0.3, 0.4) is 0 Å². The number of benzene rings is 1. The van der Waals surface area contributed by atoms with Gasteiger partial charge in [-0.15, -0.1) is 0 Å². The Labute approximate surface area is 214 Å². The molecule has 0 unspecified atom stereocenters. The summed E-state index contributed by atoms with van der Waals surface area (Å²) in [6.45, 7) is 13.0. The van der Waals surface area contributed by atoms with Crippen molar-refractivity contribution in [2.75, 3.05) is 0 Å². The molecule has 192 valence electrons. The fourth-order valence-electron chi connectivity index (χ4n) is 5.02. The topological polar surface area (TPSA) is 83.5 Å². The number of fused-ring (bicyclic) bond motifs is 1. The maximum absolute atomic E-state index is 11.3. The summed E-state index contributed by atoms with van der Waals surface area (Å²) in [4.78, 5) is 9.60. The molecular formula is C28H42N4O2S. The second kappa shape index (κ2) is 11.6. The summed E-state index contributed by atoms with van der Waals surface area (Å²) in [5, 5.41) is 27.0. The Morgan fingerprint density at radius 1 is 0.914 bits per heavy atom. The van der Waals surface area contributed by atoms with Crippen molar-refractivity contribution in [1.82, 2.24) is 19.6 Å². The fraction of sp³-hybridized carbons (Fsp3) is 0.607. The van der Waals surface area contributed by atoms with Gasteiger partial charge in [0.05, 0.1) is 4.90 Å². The summed E-state index contributed by atoms with van der Waals surface area (Å²) in [5.74, 6) is 0.913. The van der Waals surface area contributed by atoms with Crippen molar-refractivity contribution in [3.63, 3.8) is 0 Å². The first kappa shape index (κ1) is 27.3. The third kappa shape index (κ3) is 7.60. The SMILES string of the molecule is CCCCCCCCCc1cc(Sc2cc(O)cc(C(C)(C)CC(C)(C)C)c2O)n2ncnc2n1. The van der Waals surface area contributed by atoms with Crippen LogP contribution in [0.2, 0.25) is 0 Å². The fourth-order valence-corrected chi connectivity index (χ4v) is 6.04. The molecule has 1 aromatic carbocycles. The van der Waals surface area contributed by atoms with Crippen LogP contribution >= 0.6 is 11.8 Å². The Morgan fingerprint density at radius 2 is 1.60 bits per heavy atom. The molecule has 0 fully saturated rings. The lowest BCUT2D eigenvalue weighted by molar-refractivity contribution is 0.276. The molecule has 3 aromatic rings. The first-order valence-corrected chi connectivity index (χ1v) is 13.8. The van der Waals surface area contributed by atoms with Crippen LogP contribution in [0.25, 0.3) is 5.78 Å². The van der Waals surface area contributed by atoms with Crippen LogP contribution in [0.1, 0.15) is 104 Å². The van der Waals surface area contributed by atoms with Crippen LogP contribution < -0.4 is 0 Å². The third-order valence-electron chi connectivity index (χ3n) is 6.28. The molecule has 0 saturated heterocycles. The Morgan fingerprint density at radius 3 is 2.29 bits per heavy atom. The predicted molar refractivity (Wildman–Crippen MR) is 143 cm³/mol. The van der Waals surface area contributed by atoms with E-state index in [9.17, 15) is 10.2 Å². The number of nitrogens with zero attached hydrogens (tertiary/aromatic N) is 4. The van der Waals surface area contributed by atoms with Crippen molar-refractivity contribution in [3.05, 3.63) is 35.8 Å². The minimum Gasteiger partial charge on any atom is -0.508 e. The summed E-state index contributed by atoms with van der Waals surface area (Å²) in [6, 6.07) is 5.34. The largest absolute Gasteiger partial charge is 0.508 e. The van der Waals surface area contributed by atoms with Crippen molar-refractivity contribution >= 4 is 17.5 Å². The average Bonchev–Trinajstić information content (AvgIpc) is 3.22. The average molecular weight is 499 g/mol. The molecule has 0 aliphatic rings. The summed E-state index contributed by atoms with van der Waals surface area (Å²) < 4.78 is 1.70. The number of aromatic nitrogens is 4. The van der Waals surface area contributed by atoms with Crippen LogP contribution in [0.15, 0.2) is 34.4 Å². The van der Waals surface area contributed by atoms with Gasteiger partial charge in [-0.2, -0.15) is 14.6 Å². The second-order valence-corrected chi connectivity index (χ2v) is 12.6. The lowest BCUT2D eigenvalue weighted by Gasteiger charge is -2.33. The van der Waals surface area contributed by atoms with E-state index < -0.39 is 0 Å². The molecule has 2 aromatic heterocycles. The number of rotatable bonds is 12. The van der Waals surface area contributed by atoms with Crippen molar-refractivity contribution in [1.29, 1.82) is 0 Å². The molecule has 0 bridgehead atoms. The molecule has 0 amide bonds. The van der Waals surface area contributed by atoms with Crippen molar-refractivity contribution in [3.8, 4) is 11.5 Å². The number of aromatic hydroxyl groups is 2. The highest BCUT2D eigenvalue weighted by atomic mass is 32.2. The van der Waals surface area contributed by atoms with E-state index in [1.54, 1.807) is 16.6 Å². The van der Waals surface area contributed by atoms with E-state index in [0.29, 0.717) is 10.7 Å². The summed E-state index contributed by atoms with van der Waals surface area (Å²) >= 11 is 1.39. The van der Waals surface area contributed by atoms with Gasteiger partial charge >= 0.3 is 0 Å². The molecule has 0 atom stereocenters. The minimum atomic E-state index is -0.306. The number of aryl methyl sites for hydroxylation is 1. The minimum absolute atomic E-state index is 0.0810. The van der Waals surface area contributed by atoms with Crippen molar-refractivity contribution in [2.24, 2.45) is 5.41 Å². The van der Waals surface area contributed by atoms with Gasteiger partial charge in [0, 0.05) is 11.3 Å². The Bertz CT molecular complexity index is 1120. The van der Waals surface area contributed by atoms with E-state index >= 15 is 0 Å². The number of phenols is 2. The van der Waals surface area contributed by atoms with Gasteiger partial charge in [0.2, 0.25) is 0 Å². The lowest BCUT2D eigenvalue weighted by atomic mass is 9.72. The van der Waals surface area contributed by atoms with Gasteiger partial charge in [0.1, 0.15) is 22.9 Å². The monoisotopic (exact) mass is 498 g/mol. The van der Waals surface area contributed by atoms with Gasteiger partial charge in [-0.25, -0.2) is 4.98 Å². The highest BCUT2D eigenvalue weighted by Gasteiger charge is 2.31. The zero-order valence-electron chi connectivity index (χ0n) is 22.3. The molecule has 7 heteroatoms. The molecule has 2 N–H and O–H groups in total. The molecule has 3 rings (SSSR count). The normalized spacial score (nSPS) is 12.5. The zero-order valence-corrected chi connectivity index (χ0v) is 23.1. The molecule has 0 saturated carbocycles. The van der Waals surface area contributed by atoms with Gasteiger partial charge in [0.15, 0.2) is 0 Å². The van der Waals surface area contributed by atoms with E-state index in [2.05, 4.69) is 56.6 Å². The van der Waals surface area contributed by atoms with Crippen LogP contribution in [0, 0.1) is 5.41 Å². The molecule has 6 nitrogen and oxygen atoms in total. The van der Waals surface area contributed by atoms with E-state index in [-0.39, 0.29) is 22.3 Å². The third-order valence-corrected chi connectivity index (χ3v) is 7.32. The van der Waals surface area contributed by atoms with Gasteiger partial charge < -0.3 is 10.2 Å². The summed E-state index contributed by atoms with van der Waals surface area (Å²) in [5.41, 5.74) is 1.51. The molecule has 0 aliphatic carbocycles. The lowest BCUT2D eigenvalue weighted by Crippen LogP contribution is -2.25. The maximum Gasteiger partial charge on any atom is 0.253 e. The van der Waals surface area contributed by atoms with Gasteiger partial charge in [-0.1, -0.05) is 91.8 Å². The number of hydrogen-bond acceptors (Lipinski definition) is 6. The zero-order chi connectivity index (χ0) is 25.6. The Balaban J connectivity index is 1.82. The smallest absolute Gasteiger partial charge is 0.253 e. The number of hydrogen-bond donors (Lipinski definition) is 2.